The number of rotatable bonds is 3. The van der Waals surface area contributed by atoms with Gasteiger partial charge in [0.2, 0.25) is 0 Å². The molecular weight excluding hydrogens is 134 g/mol. The van der Waals surface area contributed by atoms with Crippen LogP contribution in [0.2, 0.25) is 0 Å². The summed E-state index contributed by atoms with van der Waals surface area (Å²) in [6, 6.07) is 0. The van der Waals surface area contributed by atoms with Crippen molar-refractivity contribution < 1.29 is 0 Å². The minimum absolute atomic E-state index is 0.855. The van der Waals surface area contributed by atoms with Crippen LogP contribution in [0.5, 0.6) is 0 Å². The molecule has 0 amide bonds. The van der Waals surface area contributed by atoms with Gasteiger partial charge >= 0.3 is 0 Å². The van der Waals surface area contributed by atoms with Gasteiger partial charge in [0, 0.05) is 0 Å². The van der Waals surface area contributed by atoms with Crippen molar-refractivity contribution >= 4 is 11.6 Å². The fraction of sp³-hybridized carbons (Fsp3) is 0.714. The highest BCUT2D eigenvalue weighted by atomic mass is 35.5. The Hall–Kier alpha value is -0.0100. The quantitative estimate of drug-likeness (QED) is 0.614. The smallest absolute Gasteiger partial charge is 0.00296 e. The van der Waals surface area contributed by atoms with Crippen LogP contribution in [0.1, 0.15) is 26.2 Å². The van der Waals surface area contributed by atoms with Crippen LogP contribution in [0.4, 0.5) is 0 Å². The third-order valence-corrected chi connectivity index (χ3v) is 0.808. The Morgan fingerprint density at radius 2 is 2.00 bits per heavy atom. The second-order valence-corrected chi connectivity index (χ2v) is 1.96. The highest BCUT2D eigenvalue weighted by molar-refractivity contribution is 6.25. The summed E-state index contributed by atoms with van der Waals surface area (Å²) in [4.78, 5) is 0. The molecule has 0 bridgehead atoms. The minimum Gasteiger partial charge on any atom is -0.330 e. The molecule has 0 aliphatic carbocycles. The van der Waals surface area contributed by atoms with Crippen molar-refractivity contribution in [2.45, 2.75) is 26.2 Å². The molecule has 0 saturated heterocycles. The highest BCUT2D eigenvalue weighted by Crippen LogP contribution is 1.88. The molecule has 0 atom stereocenters. The Kier molecular flexibility index (Phi) is 20.5. The molecule has 0 unspecified atom stereocenters. The maximum atomic E-state index is 5.21. The summed E-state index contributed by atoms with van der Waals surface area (Å²) >= 11 is 4.76. The topological polar surface area (TPSA) is 26.0 Å². The fourth-order valence-electron chi connectivity index (χ4n) is 0.394. The second-order valence-electron chi connectivity index (χ2n) is 1.65. The summed E-state index contributed by atoms with van der Waals surface area (Å²) in [5, 5.41) is 0. The van der Waals surface area contributed by atoms with Gasteiger partial charge < -0.3 is 5.73 Å². The number of unbranched alkanes of at least 4 members (excludes halogenated alkanes) is 2. The van der Waals surface area contributed by atoms with E-state index in [1.54, 1.807) is 0 Å². The van der Waals surface area contributed by atoms with Crippen LogP contribution in [0.15, 0.2) is 12.1 Å². The van der Waals surface area contributed by atoms with Crippen molar-refractivity contribution in [2.24, 2.45) is 5.73 Å². The predicted octanol–water partition coefficient (Wildman–Crippen LogP) is 2.50. The molecule has 0 aromatic carbocycles. The maximum absolute atomic E-state index is 5.21. The van der Waals surface area contributed by atoms with E-state index in [-0.39, 0.29) is 0 Å². The van der Waals surface area contributed by atoms with Crippen LogP contribution < -0.4 is 5.73 Å². The molecule has 56 valence electrons. The molecule has 0 radical (unpaired) electrons. The SMILES string of the molecule is C=CCl.CCCCCN. The number of nitrogens with two attached hydrogens (primary N) is 1. The Balaban J connectivity index is 0. The van der Waals surface area contributed by atoms with Crippen LogP contribution in [0.3, 0.4) is 0 Å². The average Bonchev–Trinajstić information content (AvgIpc) is 1.86. The molecule has 0 saturated carbocycles. The summed E-state index contributed by atoms with van der Waals surface area (Å²) in [7, 11) is 0. The number of hydrogen-bond acceptors (Lipinski definition) is 1. The van der Waals surface area contributed by atoms with E-state index in [4.69, 9.17) is 17.3 Å². The van der Waals surface area contributed by atoms with Crippen LogP contribution >= 0.6 is 11.6 Å². The molecule has 0 fully saturated rings. The lowest BCUT2D eigenvalue weighted by Gasteiger charge is -1.86. The third-order valence-electron chi connectivity index (χ3n) is 0.808. The zero-order valence-electron chi connectivity index (χ0n) is 6.07. The average molecular weight is 150 g/mol. The van der Waals surface area contributed by atoms with E-state index in [0.717, 1.165) is 6.54 Å². The zero-order valence-corrected chi connectivity index (χ0v) is 6.82. The first-order valence-electron chi connectivity index (χ1n) is 3.24. The summed E-state index contributed by atoms with van der Waals surface area (Å²) in [5.74, 6) is 0. The molecule has 0 spiro atoms. The summed E-state index contributed by atoms with van der Waals surface area (Å²) < 4.78 is 0. The molecular formula is C7H16ClN. The third kappa shape index (κ3) is 32.1. The Labute approximate surface area is 62.9 Å². The normalized spacial score (nSPS) is 7.44. The van der Waals surface area contributed by atoms with Gasteiger partial charge in [0.25, 0.3) is 0 Å². The predicted molar refractivity (Wildman–Crippen MR) is 44.6 cm³/mol. The van der Waals surface area contributed by atoms with E-state index in [2.05, 4.69) is 13.5 Å². The van der Waals surface area contributed by atoms with Gasteiger partial charge in [-0.1, -0.05) is 37.9 Å². The molecule has 2 heteroatoms. The van der Waals surface area contributed by atoms with Crippen LogP contribution in [-0.2, 0) is 0 Å². The van der Waals surface area contributed by atoms with Gasteiger partial charge in [-0.2, -0.15) is 0 Å². The van der Waals surface area contributed by atoms with Crippen LogP contribution in [0.25, 0.3) is 0 Å². The Morgan fingerprint density at radius 3 is 2.11 bits per heavy atom. The molecule has 1 nitrogen and oxygen atoms in total. The second kappa shape index (κ2) is 15.7. The molecule has 9 heavy (non-hydrogen) atoms. The first kappa shape index (κ1) is 11.7. The van der Waals surface area contributed by atoms with Gasteiger partial charge in [0.05, 0.1) is 0 Å². The molecule has 0 aromatic heterocycles. The lowest BCUT2D eigenvalue weighted by atomic mass is 10.3. The van der Waals surface area contributed by atoms with Crippen molar-refractivity contribution in [1.82, 2.24) is 0 Å². The zero-order chi connectivity index (χ0) is 7.54. The van der Waals surface area contributed by atoms with E-state index in [9.17, 15) is 0 Å². The van der Waals surface area contributed by atoms with E-state index >= 15 is 0 Å². The van der Waals surface area contributed by atoms with E-state index in [1.807, 2.05) is 0 Å². The van der Waals surface area contributed by atoms with Crippen molar-refractivity contribution in [1.29, 1.82) is 0 Å². The molecule has 0 aliphatic heterocycles. The van der Waals surface area contributed by atoms with Crippen molar-refractivity contribution in [2.75, 3.05) is 6.54 Å². The largest absolute Gasteiger partial charge is 0.330 e. The van der Waals surface area contributed by atoms with Gasteiger partial charge in [-0.3, -0.25) is 0 Å². The van der Waals surface area contributed by atoms with Gasteiger partial charge in [-0.25, -0.2) is 0 Å². The van der Waals surface area contributed by atoms with Crippen LogP contribution in [0, 0.1) is 0 Å². The fourth-order valence-corrected chi connectivity index (χ4v) is 0.394. The van der Waals surface area contributed by atoms with Gasteiger partial charge in [-0.05, 0) is 18.5 Å². The van der Waals surface area contributed by atoms with Crippen molar-refractivity contribution in [3.8, 4) is 0 Å². The Morgan fingerprint density at radius 1 is 1.56 bits per heavy atom. The van der Waals surface area contributed by atoms with Crippen LogP contribution in [-0.4, -0.2) is 6.54 Å². The molecule has 0 aliphatic rings. The van der Waals surface area contributed by atoms with E-state index < -0.39 is 0 Å². The van der Waals surface area contributed by atoms with Crippen molar-refractivity contribution in [3.05, 3.63) is 12.1 Å². The Bertz CT molecular complexity index is 42.2. The molecule has 0 rings (SSSR count). The summed E-state index contributed by atoms with van der Waals surface area (Å²) in [6.07, 6.45) is 3.75. The van der Waals surface area contributed by atoms with Gasteiger partial charge in [0.1, 0.15) is 0 Å². The summed E-state index contributed by atoms with van der Waals surface area (Å²) in [5.41, 5.74) is 6.44. The lowest BCUT2D eigenvalue weighted by molar-refractivity contribution is 0.727. The summed E-state index contributed by atoms with van der Waals surface area (Å²) in [6.45, 7) is 6.16. The van der Waals surface area contributed by atoms with Crippen molar-refractivity contribution in [3.63, 3.8) is 0 Å². The van der Waals surface area contributed by atoms with Gasteiger partial charge in [0.15, 0.2) is 0 Å². The number of halogens is 1. The molecule has 0 aromatic rings. The first-order chi connectivity index (χ1) is 4.33. The highest BCUT2D eigenvalue weighted by Gasteiger charge is 1.75. The van der Waals surface area contributed by atoms with E-state index in [1.165, 1.54) is 24.8 Å². The maximum Gasteiger partial charge on any atom is -0.00296 e. The van der Waals surface area contributed by atoms with Gasteiger partial charge in [-0.15, -0.1) is 0 Å². The lowest BCUT2D eigenvalue weighted by Crippen LogP contribution is -1.96. The monoisotopic (exact) mass is 149 g/mol. The number of hydrogen-bond donors (Lipinski definition) is 1. The standard InChI is InChI=1S/C5H13N.C2H3Cl/c1-2-3-4-5-6;1-2-3/h2-6H2,1H3;2H,1H2. The first-order valence-corrected chi connectivity index (χ1v) is 3.68. The molecule has 0 heterocycles. The minimum atomic E-state index is 0.855. The molecule has 2 N–H and O–H groups in total. The van der Waals surface area contributed by atoms with E-state index in [0.29, 0.717) is 0 Å².